The summed E-state index contributed by atoms with van der Waals surface area (Å²) >= 11 is 0. The van der Waals surface area contributed by atoms with E-state index in [-0.39, 0.29) is 45.2 Å². The topological polar surface area (TPSA) is 260 Å². The van der Waals surface area contributed by atoms with Crippen LogP contribution in [0.2, 0.25) is 0 Å². The van der Waals surface area contributed by atoms with Crippen LogP contribution in [0.5, 0.6) is 5.75 Å². The number of esters is 3. The number of amides is 4. The van der Waals surface area contributed by atoms with E-state index in [4.69, 9.17) is 33.8 Å². The van der Waals surface area contributed by atoms with Crippen LogP contribution in [0.15, 0.2) is 55.1 Å². The van der Waals surface area contributed by atoms with Gasteiger partial charge in [0.25, 0.3) is 11.8 Å². The number of rotatable bonds is 19. The zero-order valence-corrected chi connectivity index (χ0v) is 39.5. The average molecular weight is 929 g/mol. The second-order valence-corrected chi connectivity index (χ2v) is 17.1. The van der Waals surface area contributed by atoms with Crippen LogP contribution in [0.3, 0.4) is 0 Å². The van der Waals surface area contributed by atoms with E-state index in [9.17, 15) is 33.6 Å². The van der Waals surface area contributed by atoms with E-state index in [0.29, 0.717) is 24.4 Å². The van der Waals surface area contributed by atoms with Crippen LogP contribution in [-0.2, 0) is 33.3 Å². The lowest BCUT2D eigenvalue weighted by Crippen LogP contribution is -2.48. The first-order chi connectivity index (χ1) is 31.5. The summed E-state index contributed by atoms with van der Waals surface area (Å²) in [4.78, 5) is 96.4. The number of carbonyl (C=O) groups is 7. The van der Waals surface area contributed by atoms with E-state index in [1.54, 1.807) is 41.5 Å². The number of hydrogen-bond acceptors (Lipinski definition) is 15. The van der Waals surface area contributed by atoms with Crippen molar-refractivity contribution in [2.75, 3.05) is 19.0 Å². The van der Waals surface area contributed by atoms with Crippen molar-refractivity contribution in [1.82, 2.24) is 20.9 Å². The van der Waals surface area contributed by atoms with Crippen molar-refractivity contribution in [1.29, 1.82) is 5.41 Å². The molecule has 4 rings (SSSR count). The number of nitrogens with zero attached hydrogens (tertiary/aromatic N) is 1. The van der Waals surface area contributed by atoms with E-state index in [1.165, 1.54) is 75.6 Å². The first-order valence-electron chi connectivity index (χ1n) is 21.8. The van der Waals surface area contributed by atoms with Gasteiger partial charge >= 0.3 is 30.1 Å². The normalized spacial score (nSPS) is 13.9. The first kappa shape index (κ1) is 52.3. The molecule has 2 aromatic carbocycles. The number of carbonyl (C=O) groups excluding carboxylic acids is 7. The van der Waals surface area contributed by atoms with Crippen LogP contribution < -0.4 is 26.0 Å². The van der Waals surface area contributed by atoms with Gasteiger partial charge in [-0.2, -0.15) is 0 Å². The Morgan fingerprint density at radius 3 is 2.06 bits per heavy atom. The molecule has 67 heavy (non-hydrogen) atoms. The summed E-state index contributed by atoms with van der Waals surface area (Å²) in [6.45, 7) is 18.7. The molecule has 1 aromatic heterocycles. The van der Waals surface area contributed by atoms with Gasteiger partial charge in [-0.05, 0) is 94.0 Å². The van der Waals surface area contributed by atoms with Gasteiger partial charge in [0.1, 0.15) is 28.9 Å². The van der Waals surface area contributed by atoms with Gasteiger partial charge in [-0.3, -0.25) is 25.1 Å². The Morgan fingerprint density at radius 2 is 1.48 bits per heavy atom. The Hall–Kier alpha value is -7.31. The predicted molar refractivity (Wildman–Crippen MR) is 246 cm³/mol. The Bertz CT molecular complexity index is 2350. The van der Waals surface area contributed by atoms with Crippen molar-refractivity contribution < 1.29 is 62.0 Å². The Balaban J connectivity index is 1.64. The predicted octanol–water partition coefficient (Wildman–Crippen LogP) is 7.37. The molecule has 3 aromatic rings. The number of aromatic nitrogens is 1. The molecule has 2 unspecified atom stereocenters. The van der Waals surface area contributed by atoms with Crippen molar-refractivity contribution in [2.24, 2.45) is 17.8 Å². The largest absolute Gasteiger partial charge is 0.496 e. The zero-order valence-electron chi connectivity index (χ0n) is 39.5. The molecular weight excluding hydrogens is 869 g/mol. The van der Waals surface area contributed by atoms with Crippen molar-refractivity contribution >= 4 is 59.5 Å². The minimum Gasteiger partial charge on any atom is -0.496 e. The molecule has 19 heteroatoms. The lowest BCUT2D eigenvalue weighted by Gasteiger charge is -2.26. The summed E-state index contributed by atoms with van der Waals surface area (Å²) in [5.74, 6) is -4.38. The monoisotopic (exact) mass is 928 g/mol. The van der Waals surface area contributed by atoms with E-state index in [2.05, 4.69) is 32.8 Å². The van der Waals surface area contributed by atoms with Crippen molar-refractivity contribution in [3.05, 3.63) is 83.2 Å². The SMILES string of the molecule is C=Cc1cc(C(=O)Nc2ccc(C(=N)NC(=O)OC(C)OC(=O)C(C)C)cc2)c(-c2ccc(C(=O)NCC3CC3)nc2C(=O)OC(C)OC(=O)[C@@H](NC(=O)OC(C)(C)C)[C@@H](C)CC)cc1OC. The van der Waals surface area contributed by atoms with Gasteiger partial charge in [0.05, 0.1) is 13.0 Å². The Morgan fingerprint density at radius 1 is 0.836 bits per heavy atom. The number of methoxy groups -OCH3 is 1. The van der Waals surface area contributed by atoms with Crippen LogP contribution in [-0.4, -0.2) is 90.6 Å². The highest BCUT2D eigenvalue weighted by Crippen LogP contribution is 2.35. The fourth-order valence-electron chi connectivity index (χ4n) is 6.12. The molecule has 1 saturated carbocycles. The van der Waals surface area contributed by atoms with Crippen molar-refractivity contribution in [3.8, 4) is 16.9 Å². The van der Waals surface area contributed by atoms with Crippen molar-refractivity contribution in [3.63, 3.8) is 0 Å². The number of amidine groups is 1. The molecule has 1 aliphatic carbocycles. The minimum absolute atomic E-state index is 0.00934. The van der Waals surface area contributed by atoms with E-state index in [1.807, 2.05) is 6.92 Å². The van der Waals surface area contributed by atoms with Crippen LogP contribution >= 0.6 is 0 Å². The third-order valence-corrected chi connectivity index (χ3v) is 10.1. The third kappa shape index (κ3) is 15.4. The zero-order chi connectivity index (χ0) is 49.7. The van der Waals surface area contributed by atoms with Gasteiger partial charge in [0, 0.05) is 53.9 Å². The number of nitrogens with one attached hydrogen (secondary N) is 5. The molecule has 19 nitrogen and oxygen atoms in total. The molecule has 0 radical (unpaired) electrons. The molecule has 0 aliphatic heterocycles. The summed E-state index contributed by atoms with van der Waals surface area (Å²) in [6, 6.07) is 10.5. The summed E-state index contributed by atoms with van der Waals surface area (Å²) in [5.41, 5.74) is -0.272. The molecule has 0 saturated heterocycles. The summed E-state index contributed by atoms with van der Waals surface area (Å²) < 4.78 is 32.1. The smallest absolute Gasteiger partial charge is 0.415 e. The third-order valence-electron chi connectivity index (χ3n) is 10.1. The summed E-state index contributed by atoms with van der Waals surface area (Å²) in [7, 11) is 1.41. The molecule has 360 valence electrons. The van der Waals surface area contributed by atoms with Crippen LogP contribution in [0, 0.1) is 23.2 Å². The number of ether oxygens (including phenoxy) is 6. The van der Waals surface area contributed by atoms with E-state index >= 15 is 0 Å². The van der Waals surface area contributed by atoms with Gasteiger partial charge < -0.3 is 44.4 Å². The second kappa shape index (κ2) is 23.2. The second-order valence-electron chi connectivity index (χ2n) is 17.1. The highest BCUT2D eigenvalue weighted by molar-refractivity contribution is 6.11. The number of anilines is 1. The number of pyridine rings is 1. The van der Waals surface area contributed by atoms with Gasteiger partial charge in [0.2, 0.25) is 12.6 Å². The lowest BCUT2D eigenvalue weighted by molar-refractivity contribution is -0.170. The molecule has 1 heterocycles. The lowest BCUT2D eigenvalue weighted by atomic mass is 9.94. The van der Waals surface area contributed by atoms with Gasteiger partial charge in [-0.15, -0.1) is 0 Å². The molecule has 5 N–H and O–H groups in total. The first-order valence-corrected chi connectivity index (χ1v) is 21.8. The van der Waals surface area contributed by atoms with Crippen LogP contribution in [0.4, 0.5) is 15.3 Å². The van der Waals surface area contributed by atoms with Gasteiger partial charge in [-0.1, -0.05) is 46.8 Å². The molecule has 0 spiro atoms. The Kier molecular flexibility index (Phi) is 18.1. The maximum absolute atomic E-state index is 14.2. The maximum Gasteiger partial charge on any atom is 0.415 e. The van der Waals surface area contributed by atoms with Crippen LogP contribution in [0.25, 0.3) is 17.2 Å². The molecule has 4 amide bonds. The quantitative estimate of drug-likeness (QED) is 0.0259. The van der Waals surface area contributed by atoms with Gasteiger partial charge in [-0.25, -0.2) is 24.2 Å². The molecule has 4 atom stereocenters. The van der Waals surface area contributed by atoms with E-state index in [0.717, 1.165) is 12.8 Å². The highest BCUT2D eigenvalue weighted by Gasteiger charge is 2.33. The van der Waals surface area contributed by atoms with Gasteiger partial charge in [0.15, 0.2) is 5.69 Å². The van der Waals surface area contributed by atoms with E-state index < -0.39 is 83.7 Å². The highest BCUT2D eigenvalue weighted by atomic mass is 16.7. The van der Waals surface area contributed by atoms with Crippen molar-refractivity contribution in [2.45, 2.75) is 106 Å². The molecule has 1 aliphatic rings. The standard InChI is InChI=1S/C48H60N6O13/c1-12-26(5)38(53-47(61)67-48(8,9)10)44(58)64-27(6)65-45(59)39-33(20-21-36(52-39)42(56)50-24-29-14-15-29)34-23-37(62-11)30(13-2)22-35(34)41(55)51-32-18-16-31(17-19-32)40(49)54-46(60)66-28(7)63-43(57)25(3)4/h13,16-23,25-29,38H,2,12,14-15,24H2,1,3-11H3,(H,50,56)(H,51,55)(H,53,61)(H2,49,54,60)/t26-,27?,28?,38-/m0/s1. The number of alkyl carbamates (subject to hydrolysis) is 2. The molecular formula is C48H60N6O13. The number of hydrogen-bond donors (Lipinski definition) is 5. The molecule has 0 bridgehead atoms. The average Bonchev–Trinajstić information content (AvgIpc) is 4.10. The molecule has 1 fully saturated rings. The Labute approximate surface area is 389 Å². The fourth-order valence-corrected chi connectivity index (χ4v) is 6.12. The number of benzene rings is 2. The maximum atomic E-state index is 14.2. The summed E-state index contributed by atoms with van der Waals surface area (Å²) in [5, 5.41) is 18.7. The fraction of sp³-hybridized carbons (Fsp3) is 0.438. The minimum atomic E-state index is -1.53. The van der Waals surface area contributed by atoms with Crippen LogP contribution in [0.1, 0.15) is 124 Å². The summed E-state index contributed by atoms with van der Waals surface area (Å²) in [6.07, 6.45) is -0.714.